The van der Waals surface area contributed by atoms with Gasteiger partial charge >= 0.3 is 6.01 Å². The lowest BCUT2D eigenvalue weighted by atomic mass is 9.92. The summed E-state index contributed by atoms with van der Waals surface area (Å²) in [5, 5.41) is 10.4. The highest BCUT2D eigenvalue weighted by atomic mass is 32.2. The smallest absolute Gasteiger partial charge is 0.321 e. The molecule has 36 heavy (non-hydrogen) atoms. The number of sulfonamides is 1. The van der Waals surface area contributed by atoms with E-state index in [2.05, 4.69) is 25.3 Å². The molecule has 2 aliphatic carbocycles. The standard InChI is InChI=1S/C26H22FN5O3S/c27-22-13-16(5-10-23(22)31-36(33,34)19-7-8-19)25-21(15-28)20-9-6-18(35-26-29-11-2-12-30-26)14-24(20)32(25)17-3-1-4-17/h2,5-6,9-14,17,19,31H,1,3-4,7-8H2. The van der Waals surface area contributed by atoms with Crippen molar-refractivity contribution in [2.45, 2.75) is 43.4 Å². The van der Waals surface area contributed by atoms with Crippen molar-refractivity contribution in [1.82, 2.24) is 14.5 Å². The third-order valence-corrected chi connectivity index (χ3v) is 8.59. The minimum atomic E-state index is -3.59. The van der Waals surface area contributed by atoms with Crippen molar-refractivity contribution in [3.63, 3.8) is 0 Å². The number of ether oxygens (including phenoxy) is 1. The molecule has 0 amide bonds. The Morgan fingerprint density at radius 1 is 1.08 bits per heavy atom. The molecule has 2 aromatic heterocycles. The van der Waals surface area contributed by atoms with Crippen LogP contribution in [-0.2, 0) is 10.0 Å². The molecule has 0 unspecified atom stereocenters. The molecule has 182 valence electrons. The summed E-state index contributed by atoms with van der Waals surface area (Å²) in [5.41, 5.74) is 2.27. The monoisotopic (exact) mass is 503 g/mol. The highest BCUT2D eigenvalue weighted by Crippen LogP contribution is 2.44. The first-order valence-electron chi connectivity index (χ1n) is 11.8. The topological polar surface area (TPSA) is 110 Å². The number of fused-ring (bicyclic) bond motifs is 1. The van der Waals surface area contributed by atoms with Crippen molar-refractivity contribution in [3.05, 3.63) is 66.2 Å². The molecule has 2 aromatic carbocycles. The molecule has 4 aromatic rings. The van der Waals surface area contributed by atoms with Crippen LogP contribution in [0.1, 0.15) is 43.7 Å². The lowest BCUT2D eigenvalue weighted by molar-refractivity contribution is 0.324. The van der Waals surface area contributed by atoms with E-state index in [-0.39, 0.29) is 17.7 Å². The van der Waals surface area contributed by atoms with Crippen LogP contribution in [0.5, 0.6) is 11.8 Å². The lowest BCUT2D eigenvalue weighted by Gasteiger charge is -2.30. The number of rotatable bonds is 7. The maximum Gasteiger partial charge on any atom is 0.321 e. The average Bonchev–Trinajstić information content (AvgIpc) is 3.65. The van der Waals surface area contributed by atoms with E-state index in [4.69, 9.17) is 4.74 Å². The van der Waals surface area contributed by atoms with Crippen molar-refractivity contribution in [2.24, 2.45) is 0 Å². The highest BCUT2D eigenvalue weighted by molar-refractivity contribution is 7.93. The Balaban J connectivity index is 1.46. The summed E-state index contributed by atoms with van der Waals surface area (Å²) in [7, 11) is -3.59. The molecule has 2 fully saturated rings. The first-order valence-corrected chi connectivity index (χ1v) is 13.3. The van der Waals surface area contributed by atoms with E-state index < -0.39 is 21.1 Å². The number of nitriles is 1. The van der Waals surface area contributed by atoms with Crippen LogP contribution in [0, 0.1) is 17.1 Å². The molecular weight excluding hydrogens is 481 g/mol. The van der Waals surface area contributed by atoms with Crippen molar-refractivity contribution in [1.29, 1.82) is 5.26 Å². The van der Waals surface area contributed by atoms with Crippen LogP contribution in [0.15, 0.2) is 54.9 Å². The normalized spacial score (nSPS) is 15.9. The van der Waals surface area contributed by atoms with Crippen LogP contribution in [0.2, 0.25) is 0 Å². The molecule has 2 aliphatic rings. The highest BCUT2D eigenvalue weighted by Gasteiger charge is 2.36. The number of hydrogen-bond acceptors (Lipinski definition) is 6. The largest absolute Gasteiger partial charge is 0.424 e. The Bertz CT molecular complexity index is 1620. The Hall–Kier alpha value is -3.97. The SMILES string of the molecule is N#Cc1c(-c2ccc(NS(=O)(=O)C3CC3)c(F)c2)n(C2CCC2)c2cc(Oc3ncccn3)ccc12. The third-order valence-electron chi connectivity index (χ3n) is 6.74. The number of nitrogens with one attached hydrogen (secondary N) is 1. The summed E-state index contributed by atoms with van der Waals surface area (Å²) in [6.07, 6.45) is 7.30. The molecule has 2 heterocycles. The van der Waals surface area contributed by atoms with E-state index in [1.54, 1.807) is 30.6 Å². The molecule has 6 rings (SSSR count). The number of benzene rings is 2. The minimum absolute atomic E-state index is 0.0889. The zero-order chi connectivity index (χ0) is 24.9. The van der Waals surface area contributed by atoms with Gasteiger partial charge in [0.15, 0.2) is 0 Å². The van der Waals surface area contributed by atoms with Gasteiger partial charge in [0, 0.05) is 35.5 Å². The van der Waals surface area contributed by atoms with Crippen molar-refractivity contribution in [2.75, 3.05) is 4.72 Å². The van der Waals surface area contributed by atoms with Gasteiger partial charge in [0.2, 0.25) is 10.0 Å². The lowest BCUT2D eigenvalue weighted by Crippen LogP contribution is -2.19. The molecule has 0 atom stereocenters. The van der Waals surface area contributed by atoms with Crippen LogP contribution < -0.4 is 9.46 Å². The minimum Gasteiger partial charge on any atom is -0.424 e. The molecule has 8 nitrogen and oxygen atoms in total. The number of aromatic nitrogens is 3. The van der Waals surface area contributed by atoms with Gasteiger partial charge in [0.1, 0.15) is 17.6 Å². The Labute approximate surface area is 207 Å². The Kier molecular flexibility index (Phi) is 5.38. The fourth-order valence-corrected chi connectivity index (χ4v) is 5.97. The van der Waals surface area contributed by atoms with Gasteiger partial charge in [-0.15, -0.1) is 0 Å². The predicted octanol–water partition coefficient (Wildman–Crippen LogP) is 5.53. The quantitative estimate of drug-likeness (QED) is 0.355. The van der Waals surface area contributed by atoms with Gasteiger partial charge < -0.3 is 9.30 Å². The second-order valence-corrected chi connectivity index (χ2v) is 11.1. The summed E-state index contributed by atoms with van der Waals surface area (Å²) in [5.74, 6) is -0.157. The van der Waals surface area contributed by atoms with Gasteiger partial charge in [-0.1, -0.05) is 6.07 Å². The van der Waals surface area contributed by atoms with Crippen LogP contribution in [0.3, 0.4) is 0 Å². The number of nitrogens with zero attached hydrogens (tertiary/aromatic N) is 4. The van der Waals surface area contributed by atoms with E-state index in [1.165, 1.54) is 12.1 Å². The number of anilines is 1. The van der Waals surface area contributed by atoms with Crippen molar-refractivity contribution in [3.8, 4) is 29.1 Å². The van der Waals surface area contributed by atoms with Crippen LogP contribution >= 0.6 is 0 Å². The van der Waals surface area contributed by atoms with Gasteiger partial charge in [-0.05, 0) is 62.4 Å². The third kappa shape index (κ3) is 3.95. The van der Waals surface area contributed by atoms with Gasteiger partial charge in [0.05, 0.1) is 27.7 Å². The Morgan fingerprint density at radius 2 is 1.86 bits per heavy atom. The maximum absolute atomic E-state index is 15.1. The van der Waals surface area contributed by atoms with Crippen LogP contribution in [0.4, 0.5) is 10.1 Å². The second-order valence-electron chi connectivity index (χ2n) is 9.14. The second kappa shape index (κ2) is 8.60. The Morgan fingerprint density at radius 3 is 2.50 bits per heavy atom. The summed E-state index contributed by atoms with van der Waals surface area (Å²) in [4.78, 5) is 8.20. The van der Waals surface area contributed by atoms with E-state index in [0.29, 0.717) is 35.4 Å². The van der Waals surface area contributed by atoms with Crippen molar-refractivity contribution >= 4 is 26.6 Å². The summed E-state index contributed by atoms with van der Waals surface area (Å²) in [6, 6.07) is 14.2. The molecular formula is C26H22FN5O3S. The summed E-state index contributed by atoms with van der Waals surface area (Å²) >= 11 is 0. The molecule has 1 N–H and O–H groups in total. The first kappa shape index (κ1) is 22.5. The number of hydrogen-bond donors (Lipinski definition) is 1. The zero-order valence-electron chi connectivity index (χ0n) is 19.2. The van der Waals surface area contributed by atoms with Crippen LogP contribution in [0.25, 0.3) is 22.2 Å². The van der Waals surface area contributed by atoms with Gasteiger partial charge in [0.25, 0.3) is 0 Å². The summed E-state index contributed by atoms with van der Waals surface area (Å²) < 4.78 is 50.0. The van der Waals surface area contributed by atoms with E-state index in [9.17, 15) is 13.7 Å². The van der Waals surface area contributed by atoms with Gasteiger partial charge in [-0.2, -0.15) is 5.26 Å². The van der Waals surface area contributed by atoms with Gasteiger partial charge in [-0.25, -0.2) is 22.8 Å². The fourth-order valence-electron chi connectivity index (χ4n) is 4.58. The van der Waals surface area contributed by atoms with Crippen molar-refractivity contribution < 1.29 is 17.5 Å². The molecule has 0 radical (unpaired) electrons. The predicted molar refractivity (Wildman–Crippen MR) is 133 cm³/mol. The average molecular weight is 504 g/mol. The molecule has 0 bridgehead atoms. The van der Waals surface area contributed by atoms with E-state index in [1.807, 2.05) is 12.1 Å². The van der Waals surface area contributed by atoms with Gasteiger partial charge in [-0.3, -0.25) is 4.72 Å². The van der Waals surface area contributed by atoms with E-state index >= 15 is 4.39 Å². The molecule has 0 saturated heterocycles. The molecule has 2 saturated carbocycles. The number of halogens is 1. The molecule has 0 spiro atoms. The summed E-state index contributed by atoms with van der Waals surface area (Å²) in [6.45, 7) is 0. The maximum atomic E-state index is 15.1. The molecule has 10 heteroatoms. The zero-order valence-corrected chi connectivity index (χ0v) is 20.0. The van der Waals surface area contributed by atoms with E-state index in [0.717, 1.165) is 30.2 Å². The fraction of sp³-hybridized carbons (Fsp3) is 0.269. The molecule has 0 aliphatic heterocycles. The van der Waals surface area contributed by atoms with Crippen LogP contribution in [-0.4, -0.2) is 28.2 Å². The first-order chi connectivity index (χ1) is 17.4.